The molecule has 0 saturated carbocycles. The molecule has 190 valence electrons. The van der Waals surface area contributed by atoms with Crippen LogP contribution >= 0.6 is 12.2 Å². The molecule has 1 aliphatic heterocycles. The predicted molar refractivity (Wildman–Crippen MR) is 152 cm³/mol. The van der Waals surface area contributed by atoms with Crippen LogP contribution in [0.1, 0.15) is 15.9 Å². The standard InChI is InChI=1S/C29H23N3O5S/c30-17-3-1-16(2-4-17)11-12-31-29(38)32-18-5-8-21(24(13-18)28(35)36)27-22-9-6-19(33)14-25(22)37-26-15-20(34)7-10-23(26)27/h1-10,13-15,33H,11-12,30H2,(H,35,36)(H2,31,32,38). The van der Waals surface area contributed by atoms with Crippen molar-refractivity contribution in [3.63, 3.8) is 0 Å². The van der Waals surface area contributed by atoms with Crippen LogP contribution in [-0.2, 0) is 6.42 Å². The van der Waals surface area contributed by atoms with Crippen molar-refractivity contribution in [2.45, 2.75) is 6.42 Å². The molecule has 1 heterocycles. The average molecular weight is 526 g/mol. The lowest BCUT2D eigenvalue weighted by molar-refractivity contribution is 0.0697. The summed E-state index contributed by atoms with van der Waals surface area (Å²) in [6.07, 6.45) is 0.737. The first-order valence-corrected chi connectivity index (χ1v) is 12.2. The van der Waals surface area contributed by atoms with Crippen LogP contribution < -0.4 is 21.8 Å². The molecule has 0 bridgehead atoms. The van der Waals surface area contributed by atoms with E-state index in [0.717, 1.165) is 12.0 Å². The van der Waals surface area contributed by atoms with Crippen molar-refractivity contribution in [1.29, 1.82) is 0 Å². The minimum Gasteiger partial charge on any atom is -0.508 e. The first-order valence-electron chi connectivity index (χ1n) is 11.7. The van der Waals surface area contributed by atoms with Crippen LogP contribution in [0.2, 0.25) is 0 Å². The number of benzene rings is 4. The number of hydrogen-bond donors (Lipinski definition) is 5. The van der Waals surface area contributed by atoms with Gasteiger partial charge >= 0.3 is 5.97 Å². The van der Waals surface area contributed by atoms with Gasteiger partial charge in [0.15, 0.2) is 10.5 Å². The Morgan fingerprint density at radius 2 is 1.71 bits per heavy atom. The number of phenolic OH excluding ortho intramolecular Hbond substituents is 1. The van der Waals surface area contributed by atoms with Crippen LogP contribution in [0.3, 0.4) is 0 Å². The third-order valence-corrected chi connectivity index (χ3v) is 6.38. The lowest BCUT2D eigenvalue weighted by atomic mass is 9.90. The summed E-state index contributed by atoms with van der Waals surface area (Å²) >= 11 is 5.40. The third kappa shape index (κ3) is 5.14. The van der Waals surface area contributed by atoms with E-state index in [0.29, 0.717) is 50.7 Å². The highest BCUT2D eigenvalue weighted by molar-refractivity contribution is 7.80. The van der Waals surface area contributed by atoms with Crippen molar-refractivity contribution < 1.29 is 19.4 Å². The molecule has 5 rings (SSSR count). The maximum atomic E-state index is 12.4. The maximum absolute atomic E-state index is 12.4. The van der Waals surface area contributed by atoms with Gasteiger partial charge in [0.2, 0.25) is 0 Å². The van der Waals surface area contributed by atoms with Crippen molar-refractivity contribution in [2.24, 2.45) is 0 Å². The molecule has 0 aromatic heterocycles. The number of phenols is 1. The number of anilines is 2. The van der Waals surface area contributed by atoms with E-state index in [1.165, 1.54) is 30.3 Å². The first-order chi connectivity index (χ1) is 18.3. The number of carboxylic acids is 1. The van der Waals surface area contributed by atoms with E-state index in [9.17, 15) is 19.8 Å². The number of carbonyl (C=O) groups is 1. The first kappa shape index (κ1) is 24.8. The molecule has 0 spiro atoms. The molecule has 0 fully saturated rings. The van der Waals surface area contributed by atoms with Crippen LogP contribution in [-0.4, -0.2) is 27.8 Å². The largest absolute Gasteiger partial charge is 0.508 e. The van der Waals surface area contributed by atoms with Crippen molar-refractivity contribution in [1.82, 2.24) is 5.32 Å². The third-order valence-electron chi connectivity index (χ3n) is 6.13. The highest BCUT2D eigenvalue weighted by Gasteiger charge is 2.22. The fraction of sp³-hybridized carbons (Fsp3) is 0.0690. The molecular formula is C29H23N3O5S. The SMILES string of the molecule is Nc1ccc(CCNC(=S)Nc2ccc(-c3c4ccc(=O)cc-4oc4cc(O)ccc34)c(C(=O)O)c2)cc1. The number of aromatic carboxylic acids is 1. The van der Waals surface area contributed by atoms with Crippen LogP contribution in [0, 0.1) is 0 Å². The van der Waals surface area contributed by atoms with E-state index >= 15 is 0 Å². The van der Waals surface area contributed by atoms with Gasteiger partial charge in [-0.05, 0) is 78.3 Å². The minimum atomic E-state index is -1.13. The van der Waals surface area contributed by atoms with E-state index in [1.54, 1.807) is 24.3 Å². The molecule has 3 aromatic carbocycles. The second kappa shape index (κ2) is 10.2. The lowest BCUT2D eigenvalue weighted by Gasteiger charge is -2.18. The van der Waals surface area contributed by atoms with E-state index < -0.39 is 5.97 Å². The molecule has 0 unspecified atom stereocenters. The van der Waals surface area contributed by atoms with Gasteiger partial charge in [-0.15, -0.1) is 0 Å². The zero-order valence-corrected chi connectivity index (χ0v) is 20.8. The molecule has 0 radical (unpaired) electrons. The number of nitrogens with two attached hydrogens (primary N) is 1. The summed E-state index contributed by atoms with van der Waals surface area (Å²) in [6.45, 7) is 0.583. The molecule has 6 N–H and O–H groups in total. The highest BCUT2D eigenvalue weighted by atomic mass is 32.1. The van der Waals surface area contributed by atoms with Gasteiger partial charge < -0.3 is 31.0 Å². The van der Waals surface area contributed by atoms with Crippen LogP contribution in [0.5, 0.6) is 5.75 Å². The molecule has 0 amide bonds. The smallest absolute Gasteiger partial charge is 0.336 e. The van der Waals surface area contributed by atoms with Gasteiger partial charge in [0.25, 0.3) is 0 Å². The molecule has 38 heavy (non-hydrogen) atoms. The van der Waals surface area contributed by atoms with E-state index in [4.69, 9.17) is 22.4 Å². The molecule has 0 atom stereocenters. The van der Waals surface area contributed by atoms with Gasteiger partial charge in [-0.3, -0.25) is 4.79 Å². The van der Waals surface area contributed by atoms with Gasteiger partial charge in [-0.2, -0.15) is 0 Å². The van der Waals surface area contributed by atoms with E-state index in [2.05, 4.69) is 10.6 Å². The van der Waals surface area contributed by atoms with Crippen molar-refractivity contribution in [2.75, 3.05) is 17.6 Å². The summed E-state index contributed by atoms with van der Waals surface area (Å²) in [6, 6.07) is 21.5. The van der Waals surface area contributed by atoms with Crippen molar-refractivity contribution >= 4 is 45.6 Å². The Balaban J connectivity index is 1.47. The molecular weight excluding hydrogens is 502 g/mol. The number of fused-ring (bicyclic) bond motifs is 2. The zero-order valence-electron chi connectivity index (χ0n) is 20.0. The Kier molecular flexibility index (Phi) is 6.68. The van der Waals surface area contributed by atoms with Gasteiger partial charge in [0.05, 0.1) is 5.56 Å². The van der Waals surface area contributed by atoms with Crippen LogP contribution in [0.15, 0.2) is 88.1 Å². The molecule has 8 nitrogen and oxygen atoms in total. The van der Waals surface area contributed by atoms with Crippen LogP contribution in [0.25, 0.3) is 33.4 Å². The molecule has 0 saturated heterocycles. The van der Waals surface area contributed by atoms with Crippen molar-refractivity contribution in [3.8, 4) is 28.2 Å². The number of thiocarbonyl (C=S) groups is 1. The number of nitrogens with one attached hydrogen (secondary N) is 2. The number of hydrogen-bond acceptors (Lipinski definition) is 6. The Bertz CT molecular complexity index is 1710. The number of rotatable bonds is 6. The van der Waals surface area contributed by atoms with Crippen molar-refractivity contribution in [3.05, 3.63) is 100 Å². The second-order valence-electron chi connectivity index (χ2n) is 8.75. The highest BCUT2D eigenvalue weighted by Crippen LogP contribution is 2.42. The number of nitrogen functional groups attached to an aromatic ring is 1. The minimum absolute atomic E-state index is 0.0137. The summed E-state index contributed by atoms with van der Waals surface area (Å²) in [5, 5.41) is 27.2. The molecule has 1 aliphatic carbocycles. The summed E-state index contributed by atoms with van der Waals surface area (Å²) in [4.78, 5) is 24.4. The second-order valence-corrected chi connectivity index (χ2v) is 9.16. The summed E-state index contributed by atoms with van der Waals surface area (Å²) in [5.41, 5.74) is 9.73. The summed E-state index contributed by atoms with van der Waals surface area (Å²) < 4.78 is 5.87. The van der Waals surface area contributed by atoms with Gasteiger partial charge in [0, 0.05) is 46.6 Å². The fourth-order valence-electron chi connectivity index (χ4n) is 4.35. The van der Waals surface area contributed by atoms with Gasteiger partial charge in [0.1, 0.15) is 17.1 Å². The lowest BCUT2D eigenvalue weighted by Crippen LogP contribution is -2.30. The summed E-state index contributed by atoms with van der Waals surface area (Å²) in [5.74, 6) is -0.858. The van der Waals surface area contributed by atoms with Gasteiger partial charge in [-0.1, -0.05) is 18.2 Å². The average Bonchev–Trinajstić information content (AvgIpc) is 2.88. The Hall–Kier alpha value is -4.89. The Labute approximate surface area is 222 Å². The maximum Gasteiger partial charge on any atom is 0.336 e. The Morgan fingerprint density at radius 1 is 0.947 bits per heavy atom. The monoisotopic (exact) mass is 525 g/mol. The quantitative estimate of drug-likeness (QED) is 0.117. The van der Waals surface area contributed by atoms with Gasteiger partial charge in [-0.25, -0.2) is 4.79 Å². The predicted octanol–water partition coefficient (Wildman–Crippen LogP) is 5.08. The Morgan fingerprint density at radius 3 is 2.47 bits per heavy atom. The topological polar surface area (TPSA) is 138 Å². The number of aromatic hydroxyl groups is 1. The van der Waals surface area contributed by atoms with Crippen LogP contribution in [0.4, 0.5) is 11.4 Å². The molecule has 2 aliphatic rings. The fourth-order valence-corrected chi connectivity index (χ4v) is 4.57. The van der Waals surface area contributed by atoms with E-state index in [1.807, 2.05) is 24.3 Å². The normalized spacial score (nSPS) is 10.9. The molecule has 9 heteroatoms. The van der Waals surface area contributed by atoms with E-state index in [-0.39, 0.29) is 22.5 Å². The zero-order chi connectivity index (χ0) is 26.8. The number of carboxylic acid groups (broad SMARTS) is 1. The molecule has 3 aromatic rings. The summed E-state index contributed by atoms with van der Waals surface area (Å²) in [7, 11) is 0.